The fraction of sp³-hybridized carbons (Fsp3) is 0.130. The number of aryl methyl sites for hydroxylation is 1. The van der Waals surface area contributed by atoms with Crippen LogP contribution in [0.5, 0.6) is 5.75 Å². The Morgan fingerprint density at radius 3 is 2.38 bits per heavy atom. The summed E-state index contributed by atoms with van der Waals surface area (Å²) in [5.74, 6) is 0.210. The maximum absolute atomic E-state index is 12.2. The number of para-hydroxylation sites is 1. The molecule has 0 heterocycles. The average Bonchev–Trinajstić information content (AvgIpc) is 2.79. The highest BCUT2D eigenvalue weighted by atomic mass is 32.2. The lowest BCUT2D eigenvalue weighted by atomic mass is 10.2. The molecule has 2 amide bonds. The lowest BCUT2D eigenvalue weighted by molar-refractivity contribution is -0.384. The zero-order valence-corrected chi connectivity index (χ0v) is 18.1. The standard InChI is InChI=1S/C23H21N3O5S/c1-16-7-10-18(26(29)30)13-21(16)25-23(28)15-32-20-11-8-17(9-12-20)24-22(27)14-31-19-5-3-2-4-6-19/h2-13H,14-15H2,1H3,(H,24,27)(H,25,28). The highest BCUT2D eigenvalue weighted by molar-refractivity contribution is 8.00. The number of hydrogen-bond acceptors (Lipinski definition) is 6. The van der Waals surface area contributed by atoms with Gasteiger partial charge in [0.25, 0.3) is 11.6 Å². The molecular weight excluding hydrogens is 430 g/mol. The molecule has 3 aromatic carbocycles. The Labute approximate surface area is 189 Å². The SMILES string of the molecule is Cc1ccc([N+](=O)[O-])cc1NC(=O)CSc1ccc(NC(=O)COc2ccccc2)cc1. The molecule has 32 heavy (non-hydrogen) atoms. The Morgan fingerprint density at radius 1 is 0.969 bits per heavy atom. The van der Waals surface area contributed by atoms with E-state index < -0.39 is 4.92 Å². The fourth-order valence-corrected chi connectivity index (χ4v) is 3.39. The monoisotopic (exact) mass is 451 g/mol. The Bertz CT molecular complexity index is 1100. The molecule has 3 aromatic rings. The number of hydrogen-bond donors (Lipinski definition) is 2. The van der Waals surface area contributed by atoms with Gasteiger partial charge >= 0.3 is 0 Å². The van der Waals surface area contributed by atoms with Crippen LogP contribution in [-0.2, 0) is 9.59 Å². The summed E-state index contributed by atoms with van der Waals surface area (Å²) in [5.41, 5.74) is 1.70. The van der Waals surface area contributed by atoms with Crippen LogP contribution in [0.3, 0.4) is 0 Å². The van der Waals surface area contributed by atoms with Gasteiger partial charge in [-0.15, -0.1) is 11.8 Å². The second-order valence-corrected chi connectivity index (χ2v) is 7.82. The molecule has 0 aliphatic rings. The molecule has 0 saturated carbocycles. The second-order valence-electron chi connectivity index (χ2n) is 6.77. The van der Waals surface area contributed by atoms with Crippen molar-refractivity contribution in [3.05, 3.63) is 88.5 Å². The molecule has 0 aliphatic carbocycles. The van der Waals surface area contributed by atoms with E-state index in [4.69, 9.17) is 4.74 Å². The van der Waals surface area contributed by atoms with Crippen molar-refractivity contribution in [3.8, 4) is 5.75 Å². The predicted molar refractivity (Wildman–Crippen MR) is 124 cm³/mol. The average molecular weight is 452 g/mol. The minimum atomic E-state index is -0.502. The number of carbonyl (C=O) groups excluding carboxylic acids is 2. The zero-order valence-electron chi connectivity index (χ0n) is 17.2. The molecule has 0 unspecified atom stereocenters. The Kier molecular flexibility index (Phi) is 7.82. The van der Waals surface area contributed by atoms with Crippen LogP contribution >= 0.6 is 11.8 Å². The van der Waals surface area contributed by atoms with E-state index in [-0.39, 0.29) is 29.9 Å². The lowest BCUT2D eigenvalue weighted by Gasteiger charge is -2.09. The van der Waals surface area contributed by atoms with Crippen LogP contribution in [0.4, 0.5) is 17.1 Å². The minimum absolute atomic E-state index is 0.0784. The number of nitrogens with one attached hydrogen (secondary N) is 2. The lowest BCUT2D eigenvalue weighted by Crippen LogP contribution is -2.20. The van der Waals surface area contributed by atoms with Crippen LogP contribution in [0, 0.1) is 17.0 Å². The van der Waals surface area contributed by atoms with Crippen LogP contribution in [0.15, 0.2) is 77.7 Å². The predicted octanol–water partition coefficient (Wildman–Crippen LogP) is 4.65. The normalized spacial score (nSPS) is 10.3. The Balaban J connectivity index is 1.46. The van der Waals surface area contributed by atoms with Crippen molar-refractivity contribution in [2.24, 2.45) is 0 Å². The van der Waals surface area contributed by atoms with E-state index in [9.17, 15) is 19.7 Å². The molecule has 3 rings (SSSR count). The molecule has 0 bridgehead atoms. The van der Waals surface area contributed by atoms with Crippen LogP contribution < -0.4 is 15.4 Å². The molecule has 8 nitrogen and oxygen atoms in total. The highest BCUT2D eigenvalue weighted by Crippen LogP contribution is 2.24. The van der Waals surface area contributed by atoms with Crippen molar-refractivity contribution in [3.63, 3.8) is 0 Å². The van der Waals surface area contributed by atoms with E-state index >= 15 is 0 Å². The maximum atomic E-state index is 12.2. The summed E-state index contributed by atoms with van der Waals surface area (Å²) in [6, 6.07) is 20.5. The molecule has 0 radical (unpaired) electrons. The van der Waals surface area contributed by atoms with Crippen molar-refractivity contribution < 1.29 is 19.2 Å². The first kappa shape index (κ1) is 22.8. The third-order valence-electron chi connectivity index (χ3n) is 4.33. The van der Waals surface area contributed by atoms with Crippen LogP contribution in [0.25, 0.3) is 0 Å². The molecule has 164 valence electrons. The number of ether oxygens (including phenoxy) is 1. The highest BCUT2D eigenvalue weighted by Gasteiger charge is 2.11. The number of amides is 2. The summed E-state index contributed by atoms with van der Waals surface area (Å²) in [6.07, 6.45) is 0. The molecule has 2 N–H and O–H groups in total. The maximum Gasteiger partial charge on any atom is 0.271 e. The number of nitrogens with zero attached hydrogens (tertiary/aromatic N) is 1. The van der Waals surface area contributed by atoms with Gasteiger partial charge in [-0.2, -0.15) is 0 Å². The number of nitro benzene ring substituents is 1. The smallest absolute Gasteiger partial charge is 0.271 e. The van der Waals surface area contributed by atoms with Gasteiger partial charge in [0.15, 0.2) is 6.61 Å². The number of non-ortho nitro benzene ring substituents is 1. The first-order chi connectivity index (χ1) is 15.4. The number of rotatable bonds is 9. The van der Waals surface area contributed by atoms with Crippen molar-refractivity contribution in [2.45, 2.75) is 11.8 Å². The van der Waals surface area contributed by atoms with Gasteiger partial charge in [0, 0.05) is 22.7 Å². The first-order valence-electron chi connectivity index (χ1n) is 9.66. The van der Waals surface area contributed by atoms with Crippen molar-refractivity contribution in [2.75, 3.05) is 23.0 Å². The van der Waals surface area contributed by atoms with Gasteiger partial charge < -0.3 is 15.4 Å². The molecule has 0 saturated heterocycles. The largest absolute Gasteiger partial charge is 0.484 e. The fourth-order valence-electron chi connectivity index (χ4n) is 2.69. The van der Waals surface area contributed by atoms with E-state index in [0.29, 0.717) is 17.1 Å². The van der Waals surface area contributed by atoms with Crippen molar-refractivity contribution >= 4 is 40.6 Å². The Hall–Kier alpha value is -3.85. The van der Waals surface area contributed by atoms with E-state index in [1.165, 1.54) is 23.9 Å². The van der Waals surface area contributed by atoms with Gasteiger partial charge in [-0.1, -0.05) is 24.3 Å². The van der Waals surface area contributed by atoms with Crippen LogP contribution in [0.1, 0.15) is 5.56 Å². The molecule has 0 spiro atoms. The summed E-state index contributed by atoms with van der Waals surface area (Å²) >= 11 is 1.32. The van der Waals surface area contributed by atoms with Gasteiger partial charge in [0.2, 0.25) is 5.91 Å². The summed E-state index contributed by atoms with van der Waals surface area (Å²) < 4.78 is 5.41. The van der Waals surface area contributed by atoms with E-state index in [0.717, 1.165) is 10.5 Å². The summed E-state index contributed by atoms with van der Waals surface area (Å²) in [7, 11) is 0. The quantitative estimate of drug-likeness (QED) is 0.278. The topological polar surface area (TPSA) is 111 Å². The van der Waals surface area contributed by atoms with E-state index in [1.807, 2.05) is 18.2 Å². The third kappa shape index (κ3) is 6.85. The minimum Gasteiger partial charge on any atom is -0.484 e. The summed E-state index contributed by atoms with van der Waals surface area (Å²) in [5, 5.41) is 16.4. The van der Waals surface area contributed by atoms with Crippen LogP contribution in [-0.4, -0.2) is 29.1 Å². The van der Waals surface area contributed by atoms with Gasteiger partial charge in [0.05, 0.1) is 16.4 Å². The number of anilines is 2. The van der Waals surface area contributed by atoms with E-state index in [1.54, 1.807) is 49.4 Å². The molecular formula is C23H21N3O5S. The second kappa shape index (κ2) is 11.0. The molecule has 9 heteroatoms. The van der Waals surface area contributed by atoms with Gasteiger partial charge in [0.1, 0.15) is 5.75 Å². The molecule has 0 aromatic heterocycles. The van der Waals surface area contributed by atoms with Crippen molar-refractivity contribution in [1.29, 1.82) is 0 Å². The Morgan fingerprint density at radius 2 is 1.69 bits per heavy atom. The first-order valence-corrected chi connectivity index (χ1v) is 10.6. The van der Waals surface area contributed by atoms with Crippen LogP contribution in [0.2, 0.25) is 0 Å². The van der Waals surface area contributed by atoms with Crippen molar-refractivity contribution in [1.82, 2.24) is 0 Å². The number of carbonyl (C=O) groups is 2. The van der Waals surface area contributed by atoms with Gasteiger partial charge in [-0.3, -0.25) is 19.7 Å². The van der Waals surface area contributed by atoms with Gasteiger partial charge in [-0.25, -0.2) is 0 Å². The summed E-state index contributed by atoms with van der Waals surface area (Å²) in [4.78, 5) is 35.5. The number of benzene rings is 3. The van der Waals surface area contributed by atoms with Gasteiger partial charge in [-0.05, 0) is 48.9 Å². The molecule has 0 fully saturated rings. The number of nitro groups is 1. The third-order valence-corrected chi connectivity index (χ3v) is 5.34. The number of thioether (sulfide) groups is 1. The summed E-state index contributed by atoms with van der Waals surface area (Å²) in [6.45, 7) is 1.67. The molecule has 0 atom stereocenters. The zero-order chi connectivity index (χ0) is 22.9. The van der Waals surface area contributed by atoms with E-state index in [2.05, 4.69) is 10.6 Å². The molecule has 0 aliphatic heterocycles.